The predicted octanol–water partition coefficient (Wildman–Crippen LogP) is 4.10. The lowest BCUT2D eigenvalue weighted by Crippen LogP contribution is -2.24. The monoisotopic (exact) mass is 277 g/mol. The number of rotatable bonds is 5. The van der Waals surface area contributed by atoms with Crippen molar-refractivity contribution in [2.45, 2.75) is 24.8 Å². The Bertz CT molecular complexity index is 363. The van der Waals surface area contributed by atoms with E-state index in [9.17, 15) is 0 Å². The predicted molar refractivity (Wildman–Crippen MR) is 70.5 cm³/mol. The quantitative estimate of drug-likeness (QED) is 0.800. The number of hydrogen-bond acceptors (Lipinski definition) is 1. The molecule has 1 nitrogen and oxygen atoms in total. The van der Waals surface area contributed by atoms with E-state index in [-0.39, 0.29) is 5.38 Å². The van der Waals surface area contributed by atoms with Crippen molar-refractivity contribution < 1.29 is 0 Å². The summed E-state index contributed by atoms with van der Waals surface area (Å²) in [6.45, 7) is 1.64. The Morgan fingerprint density at radius 2 is 2.00 bits per heavy atom. The Hall–Kier alpha value is 0.0500. The van der Waals surface area contributed by atoms with Crippen molar-refractivity contribution in [3.63, 3.8) is 0 Å². The Labute approximate surface area is 111 Å². The van der Waals surface area contributed by atoms with Gasteiger partial charge < -0.3 is 5.32 Å². The van der Waals surface area contributed by atoms with Crippen LogP contribution in [-0.4, -0.2) is 11.9 Å². The first-order chi connectivity index (χ1) is 7.66. The van der Waals surface area contributed by atoms with Crippen molar-refractivity contribution in [3.8, 4) is 0 Å². The van der Waals surface area contributed by atoms with Crippen molar-refractivity contribution in [2.24, 2.45) is 5.92 Å². The van der Waals surface area contributed by atoms with Crippen LogP contribution in [0, 0.1) is 5.92 Å². The fourth-order valence-corrected chi connectivity index (χ4v) is 2.31. The number of hydrogen-bond donors (Lipinski definition) is 1. The average molecular weight is 279 g/mol. The van der Waals surface area contributed by atoms with E-state index in [1.807, 2.05) is 18.2 Å². The maximum absolute atomic E-state index is 6.19. The summed E-state index contributed by atoms with van der Waals surface area (Å²) < 4.78 is 0. The normalized spacial score (nSPS) is 17.4. The van der Waals surface area contributed by atoms with Gasteiger partial charge in [0.15, 0.2) is 0 Å². The summed E-state index contributed by atoms with van der Waals surface area (Å²) >= 11 is 18.0. The van der Waals surface area contributed by atoms with Gasteiger partial charge in [0.25, 0.3) is 0 Å². The average Bonchev–Trinajstić information content (AvgIpc) is 3.07. The summed E-state index contributed by atoms with van der Waals surface area (Å²) in [7, 11) is 0. The van der Waals surface area contributed by atoms with Gasteiger partial charge in [-0.05, 0) is 36.5 Å². The third-order valence-corrected chi connectivity index (χ3v) is 4.04. The second-order valence-corrected chi connectivity index (χ2v) is 5.61. The molecule has 0 aliphatic heterocycles. The third-order valence-electron chi connectivity index (χ3n) is 2.79. The van der Waals surface area contributed by atoms with Crippen molar-refractivity contribution in [3.05, 3.63) is 33.8 Å². The maximum Gasteiger partial charge on any atom is 0.0595 e. The molecule has 1 aromatic carbocycles. The molecule has 0 saturated heterocycles. The standard InChI is InChI=1S/C12H14Cl3N/c13-10-4-1-8(5-11(10)14)6-16-7-12(15)9-2-3-9/h1,4-5,9,12,16H,2-3,6-7H2. The molecule has 0 bridgehead atoms. The second-order valence-electron chi connectivity index (χ2n) is 4.23. The van der Waals surface area contributed by atoms with Gasteiger partial charge in [-0.1, -0.05) is 29.3 Å². The van der Waals surface area contributed by atoms with Gasteiger partial charge in [0.2, 0.25) is 0 Å². The Kier molecular flexibility index (Phi) is 4.37. The van der Waals surface area contributed by atoms with Crippen LogP contribution in [0.5, 0.6) is 0 Å². The lowest BCUT2D eigenvalue weighted by atomic mass is 10.2. The van der Waals surface area contributed by atoms with Crippen molar-refractivity contribution >= 4 is 34.8 Å². The van der Waals surface area contributed by atoms with E-state index < -0.39 is 0 Å². The number of alkyl halides is 1. The lowest BCUT2D eigenvalue weighted by molar-refractivity contribution is 0.620. The summed E-state index contributed by atoms with van der Waals surface area (Å²) in [5.74, 6) is 0.725. The fraction of sp³-hybridized carbons (Fsp3) is 0.500. The summed E-state index contributed by atoms with van der Waals surface area (Å²) in [4.78, 5) is 0. The van der Waals surface area contributed by atoms with Crippen LogP contribution in [0.1, 0.15) is 18.4 Å². The summed E-state index contributed by atoms with van der Waals surface area (Å²) in [6.07, 6.45) is 2.56. The SMILES string of the molecule is Clc1ccc(CNCC(Cl)C2CC2)cc1Cl. The highest BCUT2D eigenvalue weighted by molar-refractivity contribution is 6.42. The summed E-state index contributed by atoms with van der Waals surface area (Å²) in [5.41, 5.74) is 1.13. The topological polar surface area (TPSA) is 12.0 Å². The number of halogens is 3. The molecule has 0 spiro atoms. The zero-order chi connectivity index (χ0) is 11.5. The van der Waals surface area contributed by atoms with E-state index in [4.69, 9.17) is 34.8 Å². The van der Waals surface area contributed by atoms with Crippen molar-refractivity contribution in [2.75, 3.05) is 6.54 Å². The molecule has 0 amide bonds. The molecule has 1 aliphatic carbocycles. The molecule has 0 aromatic heterocycles. The van der Waals surface area contributed by atoms with Gasteiger partial charge in [-0.2, -0.15) is 0 Å². The molecule has 0 heterocycles. The van der Waals surface area contributed by atoms with Gasteiger partial charge in [0.05, 0.1) is 10.0 Å². The molecule has 16 heavy (non-hydrogen) atoms. The van der Waals surface area contributed by atoms with Crippen molar-refractivity contribution in [1.29, 1.82) is 0 Å². The van der Waals surface area contributed by atoms with E-state index in [2.05, 4.69) is 5.32 Å². The first-order valence-corrected chi connectivity index (χ1v) is 6.65. The largest absolute Gasteiger partial charge is 0.311 e. The molecule has 2 rings (SSSR count). The first-order valence-electron chi connectivity index (χ1n) is 5.45. The second kappa shape index (κ2) is 5.59. The Morgan fingerprint density at radius 3 is 2.62 bits per heavy atom. The number of nitrogens with one attached hydrogen (secondary N) is 1. The molecule has 1 N–H and O–H groups in total. The van der Waals surface area contributed by atoms with E-state index in [1.54, 1.807) is 0 Å². The minimum Gasteiger partial charge on any atom is -0.311 e. The van der Waals surface area contributed by atoms with Gasteiger partial charge in [-0.15, -0.1) is 11.6 Å². The zero-order valence-electron chi connectivity index (χ0n) is 8.85. The van der Waals surface area contributed by atoms with Crippen molar-refractivity contribution in [1.82, 2.24) is 5.32 Å². The third kappa shape index (κ3) is 3.53. The van der Waals surface area contributed by atoms with Gasteiger partial charge in [0, 0.05) is 18.5 Å². The zero-order valence-corrected chi connectivity index (χ0v) is 11.1. The summed E-state index contributed by atoms with van der Waals surface area (Å²) in [5, 5.41) is 4.80. The van der Waals surface area contributed by atoms with E-state index >= 15 is 0 Å². The van der Waals surface area contributed by atoms with Crippen LogP contribution in [0.2, 0.25) is 10.0 Å². The molecular weight excluding hydrogens is 264 g/mol. The van der Waals surface area contributed by atoms with Gasteiger partial charge in [0.1, 0.15) is 0 Å². The molecule has 1 aromatic rings. The van der Waals surface area contributed by atoms with Gasteiger partial charge in [-0.3, -0.25) is 0 Å². The molecule has 1 atom stereocenters. The van der Waals surface area contributed by atoms with Crippen LogP contribution in [0.3, 0.4) is 0 Å². The highest BCUT2D eigenvalue weighted by Gasteiger charge is 2.29. The molecule has 1 aliphatic rings. The summed E-state index contributed by atoms with van der Waals surface area (Å²) in [6, 6.07) is 5.68. The van der Waals surface area contributed by atoms with Crippen LogP contribution in [0.15, 0.2) is 18.2 Å². The van der Waals surface area contributed by atoms with Gasteiger partial charge in [-0.25, -0.2) is 0 Å². The fourth-order valence-electron chi connectivity index (χ4n) is 1.63. The van der Waals surface area contributed by atoms with Crippen LogP contribution < -0.4 is 5.32 Å². The highest BCUT2D eigenvalue weighted by Crippen LogP contribution is 2.35. The lowest BCUT2D eigenvalue weighted by Gasteiger charge is -2.10. The van der Waals surface area contributed by atoms with Crippen LogP contribution >= 0.6 is 34.8 Å². The van der Waals surface area contributed by atoms with Crippen LogP contribution in [0.4, 0.5) is 0 Å². The minimum absolute atomic E-state index is 0.266. The van der Waals surface area contributed by atoms with E-state index in [0.717, 1.165) is 24.6 Å². The van der Waals surface area contributed by atoms with E-state index in [1.165, 1.54) is 12.8 Å². The van der Waals surface area contributed by atoms with Crippen LogP contribution in [0.25, 0.3) is 0 Å². The molecule has 0 radical (unpaired) electrons. The Morgan fingerprint density at radius 1 is 1.25 bits per heavy atom. The smallest absolute Gasteiger partial charge is 0.0595 e. The van der Waals surface area contributed by atoms with Crippen LogP contribution in [-0.2, 0) is 6.54 Å². The molecule has 1 fully saturated rings. The van der Waals surface area contributed by atoms with E-state index in [0.29, 0.717) is 10.0 Å². The minimum atomic E-state index is 0.266. The molecule has 1 saturated carbocycles. The Balaban J connectivity index is 1.78. The molecule has 4 heteroatoms. The molecular formula is C12H14Cl3N. The maximum atomic E-state index is 6.19. The molecule has 1 unspecified atom stereocenters. The number of benzene rings is 1. The highest BCUT2D eigenvalue weighted by atomic mass is 35.5. The van der Waals surface area contributed by atoms with Gasteiger partial charge >= 0.3 is 0 Å². The first kappa shape index (κ1) is 12.5. The molecule has 88 valence electrons.